The average Bonchev–Trinajstić information content (AvgIpc) is 2.39. The molecule has 0 radical (unpaired) electrons. The van der Waals surface area contributed by atoms with E-state index >= 15 is 0 Å². The normalized spacial score (nSPS) is 21.9. The summed E-state index contributed by atoms with van der Waals surface area (Å²) in [6.07, 6.45) is 0.889. The van der Waals surface area contributed by atoms with E-state index in [9.17, 15) is 17.6 Å². The number of halogens is 1. The number of piperidine rings is 1. The molecule has 114 valence electrons. The van der Waals surface area contributed by atoms with Gasteiger partial charge in [-0.2, -0.15) is 12.7 Å². The lowest BCUT2D eigenvalue weighted by molar-refractivity contribution is 0.00581. The molecule has 1 saturated heterocycles. The van der Waals surface area contributed by atoms with Crippen molar-refractivity contribution in [1.82, 2.24) is 4.31 Å². The van der Waals surface area contributed by atoms with Gasteiger partial charge in [-0.3, -0.25) is 4.79 Å². The summed E-state index contributed by atoms with van der Waals surface area (Å²) in [5.74, 6) is -0.304. The van der Waals surface area contributed by atoms with Crippen LogP contribution in [-0.4, -0.2) is 37.2 Å². The third-order valence-corrected chi connectivity index (χ3v) is 5.13. The number of nitrogens with two attached hydrogens (primary N) is 1. The van der Waals surface area contributed by atoms with E-state index in [0.717, 1.165) is 0 Å². The number of ketones is 1. The maximum Gasteiger partial charge on any atom is 0.276 e. The van der Waals surface area contributed by atoms with Gasteiger partial charge in [-0.05, 0) is 18.2 Å². The summed E-state index contributed by atoms with van der Waals surface area (Å²) in [5, 5.41) is 5.10. The molecule has 2 aliphatic heterocycles. The minimum atomic E-state index is -3.72. The van der Waals surface area contributed by atoms with E-state index in [2.05, 4.69) is 0 Å². The number of nitrogens with zero attached hydrogens (tertiary/aromatic N) is 1. The summed E-state index contributed by atoms with van der Waals surface area (Å²) >= 11 is 0. The molecular weight excluding hydrogens is 299 g/mol. The van der Waals surface area contributed by atoms with Gasteiger partial charge in [0.15, 0.2) is 5.78 Å². The van der Waals surface area contributed by atoms with Crippen molar-refractivity contribution in [2.24, 2.45) is 5.14 Å². The molecule has 0 aliphatic carbocycles. The Morgan fingerprint density at radius 1 is 1.29 bits per heavy atom. The number of benzene rings is 1. The van der Waals surface area contributed by atoms with Crippen LogP contribution in [0.3, 0.4) is 0 Å². The van der Waals surface area contributed by atoms with Gasteiger partial charge >= 0.3 is 0 Å². The molecule has 0 bridgehead atoms. The van der Waals surface area contributed by atoms with Gasteiger partial charge < -0.3 is 4.74 Å². The number of fused-ring (bicyclic) bond motifs is 1. The first-order valence-corrected chi connectivity index (χ1v) is 8.09. The van der Waals surface area contributed by atoms with Crippen LogP contribution in [0.15, 0.2) is 18.2 Å². The fraction of sp³-hybridized carbons (Fsp3) is 0.462. The number of carbonyl (C=O) groups is 1. The first-order valence-electron chi connectivity index (χ1n) is 6.59. The van der Waals surface area contributed by atoms with Crippen molar-refractivity contribution in [1.29, 1.82) is 0 Å². The summed E-state index contributed by atoms with van der Waals surface area (Å²) in [4.78, 5) is 12.2. The van der Waals surface area contributed by atoms with E-state index in [-0.39, 0.29) is 30.9 Å². The first kappa shape index (κ1) is 14.4. The monoisotopic (exact) mass is 314 g/mol. The minimum Gasteiger partial charge on any atom is -0.486 e. The Morgan fingerprint density at radius 2 is 1.95 bits per heavy atom. The van der Waals surface area contributed by atoms with Gasteiger partial charge in [0, 0.05) is 25.9 Å². The molecule has 21 heavy (non-hydrogen) atoms. The number of ether oxygens (including phenoxy) is 1. The van der Waals surface area contributed by atoms with E-state index in [0.29, 0.717) is 18.6 Å². The van der Waals surface area contributed by atoms with Crippen LogP contribution in [0.4, 0.5) is 4.39 Å². The maximum atomic E-state index is 13.2. The third-order valence-electron chi connectivity index (χ3n) is 4.04. The molecule has 2 aliphatic rings. The lowest BCUT2D eigenvalue weighted by Crippen LogP contribution is -2.53. The zero-order chi connectivity index (χ0) is 15.3. The molecule has 6 nitrogen and oxygen atoms in total. The molecule has 1 spiro atoms. The number of rotatable bonds is 1. The van der Waals surface area contributed by atoms with E-state index < -0.39 is 21.6 Å². The van der Waals surface area contributed by atoms with Crippen molar-refractivity contribution in [3.63, 3.8) is 0 Å². The highest BCUT2D eigenvalue weighted by atomic mass is 32.2. The van der Waals surface area contributed by atoms with Gasteiger partial charge in [-0.1, -0.05) is 0 Å². The number of Topliss-reactive ketones (excluding diaryl/α,β-unsaturated/α-hetero) is 1. The van der Waals surface area contributed by atoms with Crippen molar-refractivity contribution in [3.8, 4) is 5.75 Å². The van der Waals surface area contributed by atoms with Crippen molar-refractivity contribution in [2.45, 2.75) is 24.9 Å². The van der Waals surface area contributed by atoms with Crippen molar-refractivity contribution in [2.75, 3.05) is 13.1 Å². The Kier molecular flexibility index (Phi) is 3.27. The Hall–Kier alpha value is -1.51. The smallest absolute Gasteiger partial charge is 0.276 e. The quantitative estimate of drug-likeness (QED) is 0.831. The zero-order valence-electron chi connectivity index (χ0n) is 11.2. The van der Waals surface area contributed by atoms with Crippen LogP contribution in [0.25, 0.3) is 0 Å². The number of carbonyl (C=O) groups excluding carboxylic acids is 1. The van der Waals surface area contributed by atoms with Gasteiger partial charge in [0.25, 0.3) is 10.2 Å². The SMILES string of the molecule is NS(=O)(=O)N1CCC2(CC1)CC(=O)c1cc(F)ccc1O2. The second-order valence-electron chi connectivity index (χ2n) is 5.47. The molecule has 3 rings (SSSR count). The predicted molar refractivity (Wildman–Crippen MR) is 72.6 cm³/mol. The van der Waals surface area contributed by atoms with E-state index in [1.807, 2.05) is 0 Å². The van der Waals surface area contributed by atoms with Crippen LogP contribution >= 0.6 is 0 Å². The van der Waals surface area contributed by atoms with Gasteiger partial charge in [-0.15, -0.1) is 0 Å². The number of hydrogen-bond donors (Lipinski definition) is 1. The average molecular weight is 314 g/mol. The molecule has 1 aromatic rings. The molecule has 1 aromatic carbocycles. The molecule has 1 fully saturated rings. The summed E-state index contributed by atoms with van der Waals surface area (Å²) in [7, 11) is -3.72. The van der Waals surface area contributed by atoms with Crippen LogP contribution in [0.5, 0.6) is 5.75 Å². The Balaban J connectivity index is 1.84. The molecule has 0 saturated carbocycles. The Morgan fingerprint density at radius 3 is 2.57 bits per heavy atom. The molecule has 0 aromatic heterocycles. The molecule has 0 amide bonds. The van der Waals surface area contributed by atoms with Crippen molar-refractivity contribution < 1.29 is 22.3 Å². The molecule has 8 heteroatoms. The fourth-order valence-electron chi connectivity index (χ4n) is 2.89. The standard InChI is InChI=1S/C13H15FN2O4S/c14-9-1-2-12-10(7-9)11(17)8-13(20-12)3-5-16(6-4-13)21(15,18)19/h1-2,7H,3-6,8H2,(H2,15,18,19). The van der Waals surface area contributed by atoms with Gasteiger partial charge in [0.05, 0.1) is 12.0 Å². The van der Waals surface area contributed by atoms with E-state index in [1.165, 1.54) is 22.5 Å². The zero-order valence-corrected chi connectivity index (χ0v) is 12.0. The lowest BCUT2D eigenvalue weighted by Gasteiger charge is -2.43. The molecular formula is C13H15FN2O4S. The van der Waals surface area contributed by atoms with Crippen LogP contribution in [0.2, 0.25) is 0 Å². The second-order valence-corrected chi connectivity index (χ2v) is 7.02. The molecule has 0 unspecified atom stereocenters. The summed E-state index contributed by atoms with van der Waals surface area (Å²) in [6, 6.07) is 3.85. The van der Waals surface area contributed by atoms with Crippen LogP contribution < -0.4 is 9.88 Å². The molecule has 2 heterocycles. The lowest BCUT2D eigenvalue weighted by atomic mass is 9.83. The molecule has 0 atom stereocenters. The second kappa shape index (κ2) is 4.75. The van der Waals surface area contributed by atoms with Crippen molar-refractivity contribution >= 4 is 16.0 Å². The van der Waals surface area contributed by atoms with E-state index in [1.54, 1.807) is 0 Å². The Bertz CT molecular complexity index is 696. The van der Waals surface area contributed by atoms with Crippen LogP contribution in [-0.2, 0) is 10.2 Å². The van der Waals surface area contributed by atoms with Crippen molar-refractivity contribution in [3.05, 3.63) is 29.6 Å². The fourth-order valence-corrected chi connectivity index (χ4v) is 3.58. The van der Waals surface area contributed by atoms with Crippen LogP contribution in [0, 0.1) is 5.82 Å². The minimum absolute atomic E-state index is 0.127. The first-order chi connectivity index (χ1) is 9.79. The van der Waals surface area contributed by atoms with Gasteiger partial charge in [-0.25, -0.2) is 9.53 Å². The summed E-state index contributed by atoms with van der Waals surface area (Å²) in [5.41, 5.74) is -0.474. The maximum absolute atomic E-state index is 13.2. The van der Waals surface area contributed by atoms with Gasteiger partial charge in [0.1, 0.15) is 17.2 Å². The topological polar surface area (TPSA) is 89.7 Å². The molecule has 2 N–H and O–H groups in total. The highest BCUT2D eigenvalue weighted by molar-refractivity contribution is 7.86. The van der Waals surface area contributed by atoms with Crippen LogP contribution in [0.1, 0.15) is 29.6 Å². The third kappa shape index (κ3) is 2.66. The summed E-state index contributed by atoms with van der Waals surface area (Å²) < 4.78 is 42.9. The number of hydrogen-bond acceptors (Lipinski definition) is 4. The van der Waals surface area contributed by atoms with E-state index in [4.69, 9.17) is 9.88 Å². The van der Waals surface area contributed by atoms with Gasteiger partial charge in [0.2, 0.25) is 0 Å². The summed E-state index contributed by atoms with van der Waals surface area (Å²) in [6.45, 7) is 0.422. The highest BCUT2D eigenvalue weighted by Gasteiger charge is 2.44. The largest absolute Gasteiger partial charge is 0.486 e. The highest BCUT2D eigenvalue weighted by Crippen LogP contribution is 2.39. The predicted octanol–water partition coefficient (Wildman–Crippen LogP) is 0.829. The Labute approximate surface area is 121 Å².